The van der Waals surface area contributed by atoms with Crippen LogP contribution in [-0.2, 0) is 14.8 Å². The maximum absolute atomic E-state index is 13.2. The summed E-state index contributed by atoms with van der Waals surface area (Å²) in [7, 11) is -3.95. The van der Waals surface area contributed by atoms with E-state index in [1.54, 1.807) is 42.5 Å². The minimum absolute atomic E-state index is 0.0883. The molecule has 0 aromatic heterocycles. The first-order valence-electron chi connectivity index (χ1n) is 9.35. The van der Waals surface area contributed by atoms with Crippen molar-refractivity contribution in [3.05, 3.63) is 89.2 Å². The smallest absolute Gasteiger partial charge is 0.264 e. The summed E-state index contributed by atoms with van der Waals surface area (Å²) in [6.45, 7) is -0.0771. The van der Waals surface area contributed by atoms with Crippen LogP contribution in [0.15, 0.2) is 88.2 Å². The molecule has 0 bridgehead atoms. The van der Waals surface area contributed by atoms with Gasteiger partial charge in [0.25, 0.3) is 10.0 Å². The molecule has 0 saturated carbocycles. The van der Waals surface area contributed by atoms with Gasteiger partial charge >= 0.3 is 0 Å². The third-order valence-corrected chi connectivity index (χ3v) is 6.56. The number of halogens is 2. The van der Waals surface area contributed by atoms with Crippen molar-refractivity contribution in [2.45, 2.75) is 4.90 Å². The first-order chi connectivity index (χ1) is 14.9. The van der Waals surface area contributed by atoms with Gasteiger partial charge in [-0.3, -0.25) is 9.10 Å². The quantitative estimate of drug-likeness (QED) is 0.445. The zero-order chi connectivity index (χ0) is 22.3. The Bertz CT molecular complexity index is 1110. The van der Waals surface area contributed by atoms with Gasteiger partial charge in [0.2, 0.25) is 5.91 Å². The molecule has 31 heavy (non-hydrogen) atoms. The molecule has 3 rings (SSSR count). The summed E-state index contributed by atoms with van der Waals surface area (Å²) >= 11 is 3.32. The lowest BCUT2D eigenvalue weighted by molar-refractivity contribution is -0.119. The molecular weight excluding hydrogens is 487 g/mol. The van der Waals surface area contributed by atoms with E-state index in [4.69, 9.17) is 4.74 Å². The van der Waals surface area contributed by atoms with Crippen molar-refractivity contribution in [2.75, 3.05) is 24.0 Å². The number of carbonyl (C=O) groups excluding carboxylic acids is 1. The Morgan fingerprint density at radius 1 is 0.968 bits per heavy atom. The zero-order valence-corrected chi connectivity index (χ0v) is 18.8. The molecule has 0 aliphatic heterocycles. The van der Waals surface area contributed by atoms with E-state index in [1.807, 2.05) is 0 Å². The lowest BCUT2D eigenvalue weighted by Gasteiger charge is -2.24. The molecule has 0 atom stereocenters. The lowest BCUT2D eigenvalue weighted by Crippen LogP contribution is -2.41. The molecule has 9 heteroatoms. The van der Waals surface area contributed by atoms with Gasteiger partial charge in [0.05, 0.1) is 17.1 Å². The molecule has 0 unspecified atom stereocenters. The van der Waals surface area contributed by atoms with E-state index in [9.17, 15) is 17.6 Å². The summed E-state index contributed by atoms with van der Waals surface area (Å²) in [5.41, 5.74) is 0.366. The SMILES string of the molecule is O=C(CN(c1ccc(Br)cc1)S(=O)(=O)c1ccccc1)NCCOc1ccc(F)cc1. The van der Waals surface area contributed by atoms with Gasteiger partial charge in [-0.15, -0.1) is 0 Å². The van der Waals surface area contributed by atoms with E-state index < -0.39 is 22.5 Å². The number of hydrogen-bond acceptors (Lipinski definition) is 4. The number of sulfonamides is 1. The number of benzene rings is 3. The molecule has 6 nitrogen and oxygen atoms in total. The summed E-state index contributed by atoms with van der Waals surface area (Å²) in [5.74, 6) is -0.378. The third kappa shape index (κ3) is 6.28. The van der Waals surface area contributed by atoms with E-state index >= 15 is 0 Å². The largest absolute Gasteiger partial charge is 0.492 e. The summed E-state index contributed by atoms with van der Waals surface area (Å²) in [6, 6.07) is 20.1. The predicted molar refractivity (Wildman–Crippen MR) is 120 cm³/mol. The minimum Gasteiger partial charge on any atom is -0.492 e. The van der Waals surface area contributed by atoms with Crippen molar-refractivity contribution in [2.24, 2.45) is 0 Å². The lowest BCUT2D eigenvalue weighted by atomic mass is 10.3. The molecule has 1 amide bonds. The molecule has 162 valence electrons. The number of amides is 1. The monoisotopic (exact) mass is 506 g/mol. The van der Waals surface area contributed by atoms with Crippen LogP contribution in [0.5, 0.6) is 5.75 Å². The number of carbonyl (C=O) groups is 1. The number of rotatable bonds is 9. The van der Waals surface area contributed by atoms with Gasteiger partial charge in [0, 0.05) is 4.47 Å². The van der Waals surface area contributed by atoms with Crippen LogP contribution in [0.1, 0.15) is 0 Å². The van der Waals surface area contributed by atoms with E-state index in [0.29, 0.717) is 11.4 Å². The van der Waals surface area contributed by atoms with E-state index in [2.05, 4.69) is 21.2 Å². The van der Waals surface area contributed by atoms with Crippen molar-refractivity contribution < 1.29 is 22.3 Å². The first-order valence-corrected chi connectivity index (χ1v) is 11.6. The first kappa shape index (κ1) is 22.8. The van der Waals surface area contributed by atoms with Crippen LogP contribution in [0.2, 0.25) is 0 Å². The average Bonchev–Trinajstić information content (AvgIpc) is 2.77. The maximum Gasteiger partial charge on any atom is 0.264 e. The van der Waals surface area contributed by atoms with Gasteiger partial charge in [0.1, 0.15) is 24.7 Å². The fourth-order valence-electron chi connectivity index (χ4n) is 2.72. The van der Waals surface area contributed by atoms with E-state index in [0.717, 1.165) is 8.78 Å². The Hall–Kier alpha value is -2.91. The van der Waals surface area contributed by atoms with Crippen molar-refractivity contribution in [3.8, 4) is 5.75 Å². The molecule has 1 N–H and O–H groups in total. The topological polar surface area (TPSA) is 75.7 Å². The van der Waals surface area contributed by atoms with Gasteiger partial charge in [-0.2, -0.15) is 0 Å². The van der Waals surface area contributed by atoms with Gasteiger partial charge in [-0.05, 0) is 60.7 Å². The van der Waals surface area contributed by atoms with Crippen LogP contribution in [0.3, 0.4) is 0 Å². The van der Waals surface area contributed by atoms with Gasteiger partial charge in [-0.1, -0.05) is 34.1 Å². The number of hydrogen-bond donors (Lipinski definition) is 1. The number of anilines is 1. The molecule has 0 aliphatic rings. The number of nitrogens with one attached hydrogen (secondary N) is 1. The fraction of sp³-hybridized carbons (Fsp3) is 0.136. The van der Waals surface area contributed by atoms with E-state index in [1.165, 1.54) is 36.4 Å². The van der Waals surface area contributed by atoms with Crippen molar-refractivity contribution in [3.63, 3.8) is 0 Å². The van der Waals surface area contributed by atoms with Crippen molar-refractivity contribution >= 4 is 37.5 Å². The highest BCUT2D eigenvalue weighted by Crippen LogP contribution is 2.25. The summed E-state index contributed by atoms with van der Waals surface area (Å²) < 4.78 is 46.5. The highest BCUT2D eigenvalue weighted by atomic mass is 79.9. The molecule has 0 aliphatic carbocycles. The highest BCUT2D eigenvalue weighted by Gasteiger charge is 2.26. The summed E-state index contributed by atoms with van der Waals surface area (Å²) in [4.78, 5) is 12.6. The third-order valence-electron chi connectivity index (χ3n) is 4.24. The zero-order valence-electron chi connectivity index (χ0n) is 16.4. The molecule has 0 spiro atoms. The van der Waals surface area contributed by atoms with Crippen molar-refractivity contribution in [1.82, 2.24) is 5.32 Å². The fourth-order valence-corrected chi connectivity index (χ4v) is 4.42. The Labute approximate surface area is 188 Å². The average molecular weight is 507 g/mol. The van der Waals surface area contributed by atoms with Crippen molar-refractivity contribution in [1.29, 1.82) is 0 Å². The highest BCUT2D eigenvalue weighted by molar-refractivity contribution is 9.10. The van der Waals surface area contributed by atoms with E-state index in [-0.39, 0.29) is 23.9 Å². The van der Waals surface area contributed by atoms with Gasteiger partial charge in [-0.25, -0.2) is 12.8 Å². The normalized spacial score (nSPS) is 11.0. The van der Waals surface area contributed by atoms with Crippen LogP contribution < -0.4 is 14.4 Å². The Morgan fingerprint density at radius 2 is 1.61 bits per heavy atom. The number of ether oxygens (including phenoxy) is 1. The molecule has 0 heterocycles. The Balaban J connectivity index is 1.67. The molecule has 0 radical (unpaired) electrons. The van der Waals surface area contributed by atoms with Crippen LogP contribution in [0.25, 0.3) is 0 Å². The minimum atomic E-state index is -3.95. The number of nitrogens with zero attached hydrogens (tertiary/aromatic N) is 1. The second-order valence-corrected chi connectivity index (χ2v) is 9.23. The van der Waals surface area contributed by atoms with Gasteiger partial charge in [0.15, 0.2) is 0 Å². The maximum atomic E-state index is 13.2. The molecule has 0 saturated heterocycles. The summed E-state index contributed by atoms with van der Waals surface area (Å²) in [6.07, 6.45) is 0. The Kier molecular flexibility index (Phi) is 7.64. The standard InChI is InChI=1S/C22H20BrFN2O4S/c23-17-6-10-19(11-7-17)26(31(28,29)21-4-2-1-3-5-21)16-22(27)25-14-15-30-20-12-8-18(24)9-13-20/h1-13H,14-16H2,(H,25,27). The van der Waals surface area contributed by atoms with Gasteiger partial charge < -0.3 is 10.1 Å². The van der Waals surface area contributed by atoms with Crippen LogP contribution >= 0.6 is 15.9 Å². The molecule has 3 aromatic carbocycles. The predicted octanol–water partition coefficient (Wildman–Crippen LogP) is 3.98. The van der Waals surface area contributed by atoms with Crippen LogP contribution in [0.4, 0.5) is 10.1 Å². The second kappa shape index (κ2) is 10.4. The molecule has 0 fully saturated rings. The second-order valence-electron chi connectivity index (χ2n) is 6.45. The molecule has 3 aromatic rings. The Morgan fingerprint density at radius 3 is 2.26 bits per heavy atom. The molecular formula is C22H20BrFN2O4S. The van der Waals surface area contributed by atoms with Crippen LogP contribution in [-0.4, -0.2) is 34.0 Å². The van der Waals surface area contributed by atoms with Crippen LogP contribution in [0, 0.1) is 5.82 Å². The summed E-state index contributed by atoms with van der Waals surface area (Å²) in [5, 5.41) is 2.65.